The van der Waals surface area contributed by atoms with E-state index >= 15 is 0 Å². The summed E-state index contributed by atoms with van der Waals surface area (Å²) in [4.78, 5) is 8.85. The molecule has 2 aliphatic rings. The van der Waals surface area contributed by atoms with E-state index in [4.69, 9.17) is 14.2 Å². The molecule has 2 atom stereocenters. The quantitative estimate of drug-likeness (QED) is 0.705. The number of pyridine rings is 1. The largest absolute Gasteiger partial charge is 0.489 e. The van der Waals surface area contributed by atoms with E-state index in [1.807, 2.05) is 42.6 Å². The molecule has 146 valence electrons. The van der Waals surface area contributed by atoms with Gasteiger partial charge >= 0.3 is 0 Å². The molecular formula is C21H23ClN4O2. The fourth-order valence-electron chi connectivity index (χ4n) is 4.39. The first-order valence-corrected chi connectivity index (χ1v) is 9.51. The smallest absolute Gasteiger partial charge is 0.234 e. The molecule has 0 amide bonds. The summed E-state index contributed by atoms with van der Waals surface area (Å²) in [5.74, 6) is 2.87. The van der Waals surface area contributed by atoms with Crippen molar-refractivity contribution in [3.63, 3.8) is 0 Å². The van der Waals surface area contributed by atoms with Crippen LogP contribution in [0.1, 0.15) is 30.7 Å². The van der Waals surface area contributed by atoms with E-state index in [1.54, 1.807) is 6.20 Å². The highest BCUT2D eigenvalue weighted by Gasteiger charge is 2.51. The van der Waals surface area contributed by atoms with Gasteiger partial charge in [0.2, 0.25) is 11.7 Å². The molecule has 5 rings (SSSR count). The molecule has 3 heterocycles. The summed E-state index contributed by atoms with van der Waals surface area (Å²) in [6, 6.07) is 11.7. The van der Waals surface area contributed by atoms with Crippen molar-refractivity contribution in [2.24, 2.45) is 5.92 Å². The molecule has 3 aromatic rings. The number of hydrogen-bond acceptors (Lipinski definition) is 6. The molecule has 0 unspecified atom stereocenters. The molecule has 1 saturated heterocycles. The summed E-state index contributed by atoms with van der Waals surface area (Å²) < 4.78 is 11.5. The van der Waals surface area contributed by atoms with E-state index in [2.05, 4.69) is 15.5 Å². The maximum atomic E-state index is 5.81. The van der Waals surface area contributed by atoms with Gasteiger partial charge in [0.15, 0.2) is 0 Å². The number of nitrogens with zero attached hydrogens (tertiary/aromatic N) is 3. The summed E-state index contributed by atoms with van der Waals surface area (Å²) in [7, 11) is 0. The normalized spacial score (nSPS) is 23.2. The predicted octanol–water partition coefficient (Wildman–Crippen LogP) is 3.77. The molecule has 1 aliphatic heterocycles. The number of aromatic nitrogens is 3. The third-order valence-electron chi connectivity index (χ3n) is 5.88. The number of fused-ring (bicyclic) bond motifs is 1. The van der Waals surface area contributed by atoms with Gasteiger partial charge in [-0.2, -0.15) is 4.98 Å². The molecule has 7 heteroatoms. The molecule has 28 heavy (non-hydrogen) atoms. The van der Waals surface area contributed by atoms with Gasteiger partial charge < -0.3 is 14.6 Å². The summed E-state index contributed by atoms with van der Waals surface area (Å²) in [6.07, 6.45) is 7.18. The van der Waals surface area contributed by atoms with E-state index < -0.39 is 0 Å². The van der Waals surface area contributed by atoms with Crippen molar-refractivity contribution in [2.45, 2.75) is 31.3 Å². The first kappa shape index (κ1) is 18.9. The maximum absolute atomic E-state index is 5.81. The monoisotopic (exact) mass is 398 g/mol. The van der Waals surface area contributed by atoms with Crippen LogP contribution in [-0.2, 0) is 12.0 Å². The first-order chi connectivity index (χ1) is 13.3. The summed E-state index contributed by atoms with van der Waals surface area (Å²) in [5.41, 5.74) is 2.02. The summed E-state index contributed by atoms with van der Waals surface area (Å²) in [5, 5.41) is 7.75. The highest BCUT2D eigenvalue weighted by molar-refractivity contribution is 5.85. The van der Waals surface area contributed by atoms with Gasteiger partial charge in [-0.15, -0.1) is 12.4 Å². The van der Waals surface area contributed by atoms with Crippen LogP contribution in [0.2, 0.25) is 0 Å². The zero-order valence-electron chi connectivity index (χ0n) is 15.5. The topological polar surface area (TPSA) is 73.1 Å². The summed E-state index contributed by atoms with van der Waals surface area (Å²) in [6.45, 7) is 2.50. The maximum Gasteiger partial charge on any atom is 0.234 e. The first-order valence-electron chi connectivity index (χ1n) is 9.51. The van der Waals surface area contributed by atoms with Gasteiger partial charge in [-0.05, 0) is 55.6 Å². The van der Waals surface area contributed by atoms with Gasteiger partial charge in [-0.25, -0.2) is 0 Å². The lowest BCUT2D eigenvalue weighted by Crippen LogP contribution is -2.31. The molecule has 1 aliphatic carbocycles. The minimum Gasteiger partial charge on any atom is -0.489 e. The lowest BCUT2D eigenvalue weighted by molar-refractivity contribution is 0.265. The number of nitrogens with one attached hydrogen (secondary N) is 1. The van der Waals surface area contributed by atoms with Crippen LogP contribution >= 0.6 is 12.4 Å². The van der Waals surface area contributed by atoms with Crippen molar-refractivity contribution in [1.82, 2.24) is 20.4 Å². The van der Waals surface area contributed by atoms with Crippen molar-refractivity contribution < 1.29 is 9.26 Å². The van der Waals surface area contributed by atoms with Crippen LogP contribution < -0.4 is 10.1 Å². The van der Waals surface area contributed by atoms with Crippen molar-refractivity contribution >= 4 is 12.4 Å². The Morgan fingerprint density at radius 2 is 2.11 bits per heavy atom. The average molecular weight is 399 g/mol. The molecular weight excluding hydrogens is 376 g/mol. The molecule has 1 saturated carbocycles. The standard InChI is InChI=1S/C21H22N4O2.ClH/c1-4-17-12-23-14-21(17,9-1)20-24-19(25-27-20)16-5-7-18(8-6-16)26-13-15-3-2-10-22-11-15;/h2-3,5-8,10-11,17,23H,1,4,9,12-14H2;1H/t17-,21-;/m1./s1. The second-order valence-corrected chi connectivity index (χ2v) is 7.47. The third kappa shape index (κ3) is 3.38. The fraction of sp³-hybridized carbons (Fsp3) is 0.381. The Bertz CT molecular complexity index is 904. The zero-order chi connectivity index (χ0) is 18.1. The molecule has 6 nitrogen and oxygen atoms in total. The SMILES string of the molecule is Cl.c1cncc(COc2ccc(-c3noc([C@@]45CCC[C@@H]4CNC5)n3)cc2)c1. The molecule has 1 aromatic carbocycles. The van der Waals surface area contributed by atoms with Crippen LogP contribution in [0.5, 0.6) is 5.75 Å². The molecule has 0 radical (unpaired) electrons. The van der Waals surface area contributed by atoms with Gasteiger partial charge in [0.25, 0.3) is 0 Å². The Morgan fingerprint density at radius 3 is 2.93 bits per heavy atom. The Kier molecular flexibility index (Phi) is 5.33. The number of benzene rings is 1. The van der Waals surface area contributed by atoms with E-state index in [0.717, 1.165) is 42.3 Å². The van der Waals surface area contributed by atoms with E-state index in [9.17, 15) is 0 Å². The van der Waals surface area contributed by atoms with Gasteiger partial charge in [0.05, 0.1) is 5.41 Å². The molecule has 2 aromatic heterocycles. The average Bonchev–Trinajstić information content (AvgIpc) is 3.43. The van der Waals surface area contributed by atoms with E-state index in [1.165, 1.54) is 12.8 Å². The number of hydrogen-bond donors (Lipinski definition) is 1. The lowest BCUT2D eigenvalue weighted by Gasteiger charge is -2.22. The number of halogens is 1. The number of rotatable bonds is 5. The molecule has 1 N–H and O–H groups in total. The second-order valence-electron chi connectivity index (χ2n) is 7.47. The lowest BCUT2D eigenvalue weighted by atomic mass is 9.80. The van der Waals surface area contributed by atoms with Gasteiger partial charge in [0.1, 0.15) is 12.4 Å². The molecule has 0 spiro atoms. The zero-order valence-corrected chi connectivity index (χ0v) is 16.3. The van der Waals surface area contributed by atoms with Crippen LogP contribution in [0.25, 0.3) is 11.4 Å². The van der Waals surface area contributed by atoms with Gasteiger partial charge in [-0.3, -0.25) is 4.98 Å². The Balaban J connectivity index is 0.00000192. The minimum atomic E-state index is 0. The van der Waals surface area contributed by atoms with Crippen LogP contribution in [0.4, 0.5) is 0 Å². The van der Waals surface area contributed by atoms with E-state index in [0.29, 0.717) is 18.3 Å². The van der Waals surface area contributed by atoms with Crippen molar-refractivity contribution in [3.05, 3.63) is 60.2 Å². The highest BCUT2D eigenvalue weighted by Crippen LogP contribution is 2.47. The van der Waals surface area contributed by atoms with Crippen LogP contribution in [0, 0.1) is 5.92 Å². The van der Waals surface area contributed by atoms with Crippen molar-refractivity contribution in [1.29, 1.82) is 0 Å². The Morgan fingerprint density at radius 1 is 1.21 bits per heavy atom. The Hall–Kier alpha value is -2.44. The van der Waals surface area contributed by atoms with Crippen molar-refractivity contribution in [3.8, 4) is 17.1 Å². The minimum absolute atomic E-state index is 0. The van der Waals surface area contributed by atoms with Crippen LogP contribution in [0.3, 0.4) is 0 Å². The van der Waals surface area contributed by atoms with Crippen molar-refractivity contribution in [2.75, 3.05) is 13.1 Å². The molecule has 0 bridgehead atoms. The molecule has 2 fully saturated rings. The van der Waals surface area contributed by atoms with Gasteiger partial charge in [0, 0.05) is 30.1 Å². The van der Waals surface area contributed by atoms with Crippen LogP contribution in [0.15, 0.2) is 53.3 Å². The summed E-state index contributed by atoms with van der Waals surface area (Å²) >= 11 is 0. The predicted molar refractivity (Wildman–Crippen MR) is 107 cm³/mol. The highest BCUT2D eigenvalue weighted by atomic mass is 35.5. The van der Waals surface area contributed by atoms with E-state index in [-0.39, 0.29) is 17.8 Å². The number of ether oxygens (including phenoxy) is 1. The Labute approximate surface area is 170 Å². The van der Waals surface area contributed by atoms with Crippen LogP contribution in [-0.4, -0.2) is 28.2 Å². The second kappa shape index (κ2) is 7.89. The van der Waals surface area contributed by atoms with Gasteiger partial charge in [-0.1, -0.05) is 17.6 Å². The fourth-order valence-corrected chi connectivity index (χ4v) is 4.39. The third-order valence-corrected chi connectivity index (χ3v) is 5.88.